The summed E-state index contributed by atoms with van der Waals surface area (Å²) in [6, 6.07) is 12.2. The number of hydrogen-bond donors (Lipinski definition) is 4. The molecule has 4 N–H and O–H groups in total. The van der Waals surface area contributed by atoms with Crippen LogP contribution in [0.5, 0.6) is 0 Å². The van der Waals surface area contributed by atoms with Gasteiger partial charge in [-0.3, -0.25) is 14.5 Å². The number of hydrogen-bond acceptors (Lipinski definition) is 7. The first kappa shape index (κ1) is 49.6. The van der Waals surface area contributed by atoms with Gasteiger partial charge >= 0.3 is 24.0 Å². The summed E-state index contributed by atoms with van der Waals surface area (Å²) in [5.74, 6) is -0.401. The van der Waals surface area contributed by atoms with Crippen molar-refractivity contribution in [3.05, 3.63) is 80.5 Å². The fraction of sp³-hybridized carbons (Fsp3) is 0.667. The van der Waals surface area contributed by atoms with Crippen LogP contribution in [0.15, 0.2) is 48.2 Å². The molecular weight excluding hydrogens is 888 g/mol. The highest BCUT2D eigenvalue weighted by Gasteiger charge is 2.76. The third-order valence-electron chi connectivity index (χ3n) is 16.8. The monoisotopic (exact) mass is 960 g/mol. The summed E-state index contributed by atoms with van der Waals surface area (Å²) in [4.78, 5) is 52.6. The van der Waals surface area contributed by atoms with E-state index in [4.69, 9.17) is 32.7 Å². The van der Waals surface area contributed by atoms with Crippen molar-refractivity contribution in [1.82, 2.24) is 20.9 Å². The smallest absolute Gasteiger partial charge is 0.322 e. The summed E-state index contributed by atoms with van der Waals surface area (Å²) in [6.45, 7) is 13.4. The molecule has 366 valence electrons. The van der Waals surface area contributed by atoms with Gasteiger partial charge in [0.05, 0.1) is 41.7 Å². The first-order chi connectivity index (χ1) is 31.5. The Morgan fingerprint density at radius 3 is 1.84 bits per heavy atom. The molecule has 2 aromatic carbocycles. The SMILES string of the molecule is COC(=O)C12CC(N3C=C4CCCC[C@@]4(c4ccc(CCC(C)(C)C)c(Cl)c4)NC3=O)(C1)C2.COC(=O)C12CC(NC(=O)N[C@]3(c4ccc(CCC(C)(C)C)c(Cl)c4)CCCCC3CO)(C1)C2. The van der Waals surface area contributed by atoms with E-state index in [0.717, 1.165) is 98.8 Å². The predicted molar refractivity (Wildman–Crippen MR) is 262 cm³/mol. The Balaban J connectivity index is 0.000000182. The summed E-state index contributed by atoms with van der Waals surface area (Å²) in [5, 5.41) is 21.6. The van der Waals surface area contributed by atoms with Crippen molar-refractivity contribution in [3.8, 4) is 0 Å². The molecule has 0 aromatic heterocycles. The number of nitrogens with zero attached hydrogens (tertiary/aromatic N) is 1. The van der Waals surface area contributed by atoms with Gasteiger partial charge in [0.15, 0.2) is 0 Å². The van der Waals surface area contributed by atoms with Crippen molar-refractivity contribution in [2.45, 2.75) is 179 Å². The van der Waals surface area contributed by atoms with Crippen molar-refractivity contribution in [2.24, 2.45) is 27.6 Å². The average Bonchev–Trinajstić information content (AvgIpc) is 3.22. The van der Waals surface area contributed by atoms with E-state index in [-0.39, 0.29) is 63.8 Å². The van der Waals surface area contributed by atoms with E-state index < -0.39 is 16.5 Å². The van der Waals surface area contributed by atoms with Gasteiger partial charge in [0, 0.05) is 34.3 Å². The second kappa shape index (κ2) is 17.9. The van der Waals surface area contributed by atoms with E-state index in [1.165, 1.54) is 25.4 Å². The van der Waals surface area contributed by atoms with Crippen LogP contribution in [-0.4, -0.2) is 65.9 Å². The minimum Gasteiger partial charge on any atom is -0.469 e. The molecule has 11 nitrogen and oxygen atoms in total. The second-order valence-electron chi connectivity index (χ2n) is 24.1. The van der Waals surface area contributed by atoms with Gasteiger partial charge in [0.25, 0.3) is 0 Å². The zero-order chi connectivity index (χ0) is 48.4. The molecular formula is C54H74Cl2N4O7. The lowest BCUT2D eigenvalue weighted by Crippen LogP contribution is -2.78. The molecule has 4 bridgehead atoms. The normalized spacial score (nSPS) is 32.5. The van der Waals surface area contributed by atoms with Crippen LogP contribution in [0.3, 0.4) is 0 Å². The summed E-state index contributed by atoms with van der Waals surface area (Å²) < 4.78 is 9.90. The lowest BCUT2D eigenvalue weighted by Gasteiger charge is -2.71. The van der Waals surface area contributed by atoms with Crippen LogP contribution < -0.4 is 16.0 Å². The zero-order valence-corrected chi connectivity index (χ0v) is 42.7. The van der Waals surface area contributed by atoms with Gasteiger partial charge in [0.1, 0.15) is 0 Å². The highest BCUT2D eigenvalue weighted by Crippen LogP contribution is 2.71. The number of esters is 2. The minimum atomic E-state index is -0.674. The number of urea groups is 2. The third kappa shape index (κ3) is 9.12. The molecule has 8 fully saturated rings. The van der Waals surface area contributed by atoms with Crippen LogP contribution in [-0.2, 0) is 43.0 Å². The molecule has 2 aromatic rings. The number of ether oxygens (including phenoxy) is 2. The summed E-state index contributed by atoms with van der Waals surface area (Å²) in [5.41, 5.74) is 3.55. The van der Waals surface area contributed by atoms with Crippen LogP contribution in [0.2, 0.25) is 10.0 Å². The highest BCUT2D eigenvalue weighted by atomic mass is 35.5. The molecule has 4 amide bonds. The first-order valence-electron chi connectivity index (χ1n) is 24.8. The van der Waals surface area contributed by atoms with Crippen molar-refractivity contribution in [1.29, 1.82) is 0 Å². The van der Waals surface area contributed by atoms with E-state index in [1.807, 2.05) is 11.0 Å². The molecule has 9 aliphatic rings. The Labute approximate surface area is 408 Å². The number of rotatable bonds is 12. The van der Waals surface area contributed by atoms with E-state index in [2.05, 4.69) is 94.0 Å². The quantitative estimate of drug-likeness (QED) is 0.155. The Hall–Kier alpha value is -3.80. The van der Waals surface area contributed by atoms with E-state index >= 15 is 0 Å². The van der Waals surface area contributed by atoms with Gasteiger partial charge in [-0.1, -0.05) is 108 Å². The lowest BCUT2D eigenvalue weighted by atomic mass is 9.38. The molecule has 13 heteroatoms. The number of aliphatic hydroxyl groups is 1. The molecule has 8 aliphatic carbocycles. The van der Waals surface area contributed by atoms with Gasteiger partial charge in [-0.05, 0) is 147 Å². The molecule has 0 spiro atoms. The average molecular weight is 962 g/mol. The summed E-state index contributed by atoms with van der Waals surface area (Å²) in [6.07, 6.45) is 17.7. The molecule has 3 atom stereocenters. The van der Waals surface area contributed by atoms with Crippen LogP contribution in [0.1, 0.15) is 167 Å². The van der Waals surface area contributed by atoms with Crippen LogP contribution >= 0.6 is 23.2 Å². The number of methoxy groups -OCH3 is 2. The van der Waals surface area contributed by atoms with Gasteiger partial charge in [-0.25, -0.2) is 9.59 Å². The number of benzene rings is 2. The van der Waals surface area contributed by atoms with Crippen molar-refractivity contribution in [2.75, 3.05) is 20.8 Å². The maximum absolute atomic E-state index is 13.4. The van der Waals surface area contributed by atoms with Gasteiger partial charge in [0.2, 0.25) is 0 Å². The first-order valence-corrected chi connectivity index (χ1v) is 25.5. The van der Waals surface area contributed by atoms with Crippen molar-refractivity contribution in [3.63, 3.8) is 0 Å². The second-order valence-corrected chi connectivity index (χ2v) is 24.9. The Morgan fingerprint density at radius 1 is 0.761 bits per heavy atom. The maximum Gasteiger partial charge on any atom is 0.322 e. The van der Waals surface area contributed by atoms with Crippen molar-refractivity contribution < 1.29 is 33.8 Å². The number of halogens is 2. The number of carbonyl (C=O) groups is 4. The number of nitrogens with one attached hydrogen (secondary N) is 3. The van der Waals surface area contributed by atoms with Gasteiger partial charge < -0.3 is 30.5 Å². The third-order valence-corrected chi connectivity index (χ3v) is 17.5. The summed E-state index contributed by atoms with van der Waals surface area (Å²) >= 11 is 13.5. The maximum atomic E-state index is 13.4. The molecule has 1 unspecified atom stereocenters. The van der Waals surface area contributed by atoms with Crippen molar-refractivity contribution >= 4 is 47.2 Å². The number of amides is 4. The fourth-order valence-electron chi connectivity index (χ4n) is 13.0. The van der Waals surface area contributed by atoms with E-state index in [1.54, 1.807) is 0 Å². The van der Waals surface area contributed by atoms with Crippen LogP contribution in [0.25, 0.3) is 0 Å². The molecule has 67 heavy (non-hydrogen) atoms. The highest BCUT2D eigenvalue weighted by molar-refractivity contribution is 6.31. The largest absolute Gasteiger partial charge is 0.469 e. The Bertz CT molecular complexity index is 2280. The number of carbonyl (C=O) groups excluding carboxylic acids is 4. The summed E-state index contributed by atoms with van der Waals surface area (Å²) in [7, 11) is 2.86. The molecule has 0 saturated heterocycles. The molecule has 0 radical (unpaired) electrons. The Morgan fingerprint density at radius 2 is 1.30 bits per heavy atom. The molecule has 8 saturated carbocycles. The van der Waals surface area contributed by atoms with Gasteiger partial charge in [-0.2, -0.15) is 0 Å². The Kier molecular flexibility index (Phi) is 13.2. The zero-order valence-electron chi connectivity index (χ0n) is 41.2. The number of aryl methyl sites for hydroxylation is 2. The van der Waals surface area contributed by atoms with Gasteiger partial charge in [-0.15, -0.1) is 0 Å². The molecule has 11 rings (SSSR count). The molecule has 1 aliphatic heterocycles. The minimum absolute atomic E-state index is 0.000267. The van der Waals surface area contributed by atoms with Crippen LogP contribution in [0, 0.1) is 27.6 Å². The fourth-order valence-corrected chi connectivity index (χ4v) is 13.6. The standard InChI is InChI=1S/C27H39ClN2O4.C27H35ClN2O3/c1-24(2,3)12-10-18-8-9-19(13-21(18)28)27(11-6-5-7-20(27)14-31)30-23(33)29-26-15-25(16-26,17-26)22(32)34-4;1-24(2,3)12-10-18-8-9-19(13-21(18)28)27-11-6-5-7-20(27)14-30(23(32)29-27)26-15-25(16-26,17-26)22(31)33-4/h8-9,13,20,31H,5-7,10-12,14-17H2,1-4H3,(H2,29,30,33);8-9,13-14H,5-7,10-12,15-17H2,1-4H3,(H,29,32)/t20?,25?,26?,27-;25?,26?,27-/m00/s1. The number of aliphatic hydroxyl groups excluding tert-OH is 1. The van der Waals surface area contributed by atoms with Crippen LogP contribution in [0.4, 0.5) is 9.59 Å². The molecule has 1 heterocycles. The topological polar surface area (TPSA) is 146 Å². The predicted octanol–water partition coefficient (Wildman–Crippen LogP) is 11.2. The van der Waals surface area contributed by atoms with E-state index in [0.29, 0.717) is 43.5 Å². The lowest BCUT2D eigenvalue weighted by molar-refractivity contribution is -0.218. The van der Waals surface area contributed by atoms with E-state index in [9.17, 15) is 24.3 Å². The number of fused-ring (bicyclic) bond motifs is 1.